The highest BCUT2D eigenvalue weighted by atomic mass is 35.5. The number of carbonyl (C=O) groups excluding carboxylic acids is 1. The molecule has 2 heterocycles. The average Bonchev–Trinajstić information content (AvgIpc) is 3.31. The van der Waals surface area contributed by atoms with Crippen LogP contribution in [0.3, 0.4) is 0 Å². The van der Waals surface area contributed by atoms with Crippen LogP contribution in [-0.4, -0.2) is 33.4 Å². The van der Waals surface area contributed by atoms with E-state index in [1.54, 1.807) is 56.0 Å². The number of thiazole rings is 1. The predicted molar refractivity (Wildman–Crippen MR) is 123 cm³/mol. The summed E-state index contributed by atoms with van der Waals surface area (Å²) in [5.41, 5.74) is 0.457. The van der Waals surface area contributed by atoms with E-state index in [2.05, 4.69) is 15.4 Å². The summed E-state index contributed by atoms with van der Waals surface area (Å²) in [6, 6.07) is 14.3. The Kier molecular flexibility index (Phi) is 5.60. The van der Waals surface area contributed by atoms with Crippen molar-refractivity contribution in [3.63, 3.8) is 0 Å². The highest BCUT2D eigenvalue weighted by Gasteiger charge is 2.31. The molecule has 4 aromatic rings. The van der Waals surface area contributed by atoms with Gasteiger partial charge in [-0.2, -0.15) is 9.78 Å². The topological polar surface area (TPSA) is 78.3 Å². The van der Waals surface area contributed by atoms with Crippen LogP contribution >= 0.6 is 22.9 Å². The molecule has 0 aliphatic carbocycles. The molecular weight excluding hydrogens is 436 g/mol. The molecule has 0 saturated heterocycles. The van der Waals surface area contributed by atoms with E-state index in [0.717, 1.165) is 21.7 Å². The number of methoxy groups -OCH3 is 1. The quantitative estimate of drug-likeness (QED) is 0.428. The van der Waals surface area contributed by atoms with Crippen molar-refractivity contribution in [2.45, 2.75) is 26.4 Å². The Morgan fingerprint density at radius 1 is 1.13 bits per heavy atom. The number of anilines is 1. The van der Waals surface area contributed by atoms with Crippen LogP contribution in [0.5, 0.6) is 11.5 Å². The molecule has 0 unspecified atom stereocenters. The molecule has 9 heteroatoms. The fourth-order valence-electron chi connectivity index (χ4n) is 2.96. The van der Waals surface area contributed by atoms with Crippen LogP contribution in [0, 0.1) is 6.92 Å². The Bertz CT molecular complexity index is 1250. The number of rotatable bonds is 6. The summed E-state index contributed by atoms with van der Waals surface area (Å²) >= 11 is 7.38. The number of halogens is 1. The molecule has 0 atom stereocenters. The van der Waals surface area contributed by atoms with E-state index in [1.165, 1.54) is 11.3 Å². The van der Waals surface area contributed by atoms with Crippen LogP contribution in [0.25, 0.3) is 15.3 Å². The third-order valence-electron chi connectivity index (χ3n) is 4.57. The molecule has 0 radical (unpaired) electrons. The van der Waals surface area contributed by atoms with E-state index < -0.39 is 5.60 Å². The molecule has 0 aliphatic rings. The van der Waals surface area contributed by atoms with Gasteiger partial charge in [-0.1, -0.05) is 22.9 Å². The molecule has 0 bridgehead atoms. The lowest BCUT2D eigenvalue weighted by atomic mass is 10.1. The normalized spacial score (nSPS) is 11.5. The second-order valence-electron chi connectivity index (χ2n) is 7.43. The van der Waals surface area contributed by atoms with Gasteiger partial charge in [-0.25, -0.2) is 4.98 Å². The van der Waals surface area contributed by atoms with Crippen molar-refractivity contribution in [1.29, 1.82) is 0 Å². The van der Waals surface area contributed by atoms with E-state index in [0.29, 0.717) is 21.7 Å². The van der Waals surface area contributed by atoms with Gasteiger partial charge in [-0.3, -0.25) is 4.79 Å². The maximum Gasteiger partial charge on any atom is 0.269 e. The van der Waals surface area contributed by atoms with Crippen LogP contribution in [0.4, 0.5) is 5.82 Å². The number of nitrogens with zero attached hydrogens (tertiary/aromatic N) is 3. The zero-order valence-corrected chi connectivity index (χ0v) is 19.0. The molecule has 31 heavy (non-hydrogen) atoms. The van der Waals surface area contributed by atoms with Crippen LogP contribution in [0.1, 0.15) is 19.5 Å². The minimum Gasteiger partial charge on any atom is -0.497 e. The van der Waals surface area contributed by atoms with E-state index >= 15 is 0 Å². The number of hydrogen-bond donors (Lipinski definition) is 1. The van der Waals surface area contributed by atoms with Gasteiger partial charge in [0.25, 0.3) is 5.91 Å². The molecule has 160 valence electrons. The molecule has 1 N–H and O–H groups in total. The predicted octanol–water partition coefficient (Wildman–Crippen LogP) is 5.25. The molecule has 0 saturated carbocycles. The molecule has 0 fully saturated rings. The number of aromatic nitrogens is 3. The lowest BCUT2D eigenvalue weighted by Crippen LogP contribution is -2.42. The van der Waals surface area contributed by atoms with Gasteiger partial charge >= 0.3 is 0 Å². The summed E-state index contributed by atoms with van der Waals surface area (Å²) in [6.07, 6.45) is 0. The zero-order valence-electron chi connectivity index (χ0n) is 17.5. The number of benzene rings is 2. The highest BCUT2D eigenvalue weighted by molar-refractivity contribution is 7.20. The maximum atomic E-state index is 13.0. The highest BCUT2D eigenvalue weighted by Crippen LogP contribution is 2.30. The number of aryl methyl sites for hydroxylation is 1. The average molecular weight is 457 g/mol. The first-order valence-electron chi connectivity index (χ1n) is 9.53. The van der Waals surface area contributed by atoms with Crippen molar-refractivity contribution in [2.75, 3.05) is 12.4 Å². The lowest BCUT2D eigenvalue weighted by Gasteiger charge is -2.25. The summed E-state index contributed by atoms with van der Waals surface area (Å²) in [5.74, 6) is 1.51. The number of carbonyl (C=O) groups is 1. The van der Waals surface area contributed by atoms with Crippen LogP contribution in [0.15, 0.2) is 48.5 Å². The molecule has 0 spiro atoms. The Morgan fingerprint density at radius 3 is 2.55 bits per heavy atom. The fourth-order valence-corrected chi connectivity index (χ4v) is 4.04. The van der Waals surface area contributed by atoms with Crippen molar-refractivity contribution in [3.8, 4) is 16.6 Å². The first-order chi connectivity index (χ1) is 14.7. The number of fused-ring (bicyclic) bond motifs is 1. The molecule has 0 aliphatic heterocycles. The van der Waals surface area contributed by atoms with Crippen molar-refractivity contribution in [1.82, 2.24) is 14.8 Å². The largest absolute Gasteiger partial charge is 0.497 e. The van der Waals surface area contributed by atoms with E-state index in [1.807, 2.05) is 25.1 Å². The molecule has 2 aromatic heterocycles. The number of amides is 1. The minimum absolute atomic E-state index is 0.314. The Balaban J connectivity index is 1.59. The van der Waals surface area contributed by atoms with Gasteiger partial charge in [0.1, 0.15) is 17.3 Å². The van der Waals surface area contributed by atoms with Gasteiger partial charge in [0.05, 0.1) is 23.0 Å². The second-order valence-corrected chi connectivity index (χ2v) is 8.88. The lowest BCUT2D eigenvalue weighted by molar-refractivity contribution is -0.128. The fraction of sp³-hybridized carbons (Fsp3) is 0.227. The van der Waals surface area contributed by atoms with Crippen molar-refractivity contribution < 1.29 is 14.3 Å². The van der Waals surface area contributed by atoms with E-state index in [9.17, 15) is 4.79 Å². The molecular formula is C22H21ClN4O3S. The first-order valence-corrected chi connectivity index (χ1v) is 10.7. The Hall–Kier alpha value is -3.10. The summed E-state index contributed by atoms with van der Waals surface area (Å²) in [6.45, 7) is 5.26. The number of hydrogen-bond acceptors (Lipinski definition) is 6. The van der Waals surface area contributed by atoms with Crippen molar-refractivity contribution in [2.24, 2.45) is 0 Å². The van der Waals surface area contributed by atoms with Gasteiger partial charge in [0.2, 0.25) is 5.13 Å². The number of ether oxygens (including phenoxy) is 2. The zero-order chi connectivity index (χ0) is 22.2. The second kappa shape index (κ2) is 8.20. The summed E-state index contributed by atoms with van der Waals surface area (Å²) < 4.78 is 13.8. The minimum atomic E-state index is -1.13. The third kappa shape index (κ3) is 4.50. The molecule has 4 rings (SSSR count). The van der Waals surface area contributed by atoms with Crippen LogP contribution in [0.2, 0.25) is 5.02 Å². The Labute approximate surface area is 188 Å². The van der Waals surface area contributed by atoms with E-state index in [4.69, 9.17) is 21.1 Å². The number of nitrogens with one attached hydrogen (secondary N) is 1. The molecule has 1 amide bonds. The Morgan fingerprint density at radius 2 is 1.84 bits per heavy atom. The SMILES string of the molecule is COc1ccc2nc(-n3nc(C)cc3NC(=O)C(C)(C)Oc3ccc(Cl)cc3)sc2c1. The smallest absolute Gasteiger partial charge is 0.269 e. The summed E-state index contributed by atoms with van der Waals surface area (Å²) in [7, 11) is 1.63. The van der Waals surface area contributed by atoms with Crippen LogP contribution in [-0.2, 0) is 4.79 Å². The molecule has 2 aromatic carbocycles. The van der Waals surface area contributed by atoms with Crippen molar-refractivity contribution in [3.05, 3.63) is 59.2 Å². The first kappa shape index (κ1) is 21.1. The van der Waals surface area contributed by atoms with Crippen LogP contribution < -0.4 is 14.8 Å². The van der Waals surface area contributed by atoms with Gasteiger partial charge in [0.15, 0.2) is 5.60 Å². The van der Waals surface area contributed by atoms with Gasteiger partial charge in [0, 0.05) is 11.1 Å². The van der Waals surface area contributed by atoms with Gasteiger partial charge < -0.3 is 14.8 Å². The maximum absolute atomic E-state index is 13.0. The van der Waals surface area contributed by atoms with Crippen molar-refractivity contribution >= 4 is 44.9 Å². The summed E-state index contributed by atoms with van der Waals surface area (Å²) in [4.78, 5) is 17.7. The standard InChI is InChI=1S/C22H21ClN4O3S/c1-13-11-19(25-20(28)22(2,3)30-15-7-5-14(23)6-8-15)27(26-13)21-24-17-10-9-16(29-4)12-18(17)31-21/h5-12H,1-4H3,(H,25,28). The molecule has 7 nitrogen and oxygen atoms in total. The third-order valence-corrected chi connectivity index (χ3v) is 5.82. The monoisotopic (exact) mass is 456 g/mol. The van der Waals surface area contributed by atoms with E-state index in [-0.39, 0.29) is 5.91 Å². The van der Waals surface area contributed by atoms with Gasteiger partial charge in [-0.05, 0) is 63.2 Å². The summed E-state index contributed by atoms with van der Waals surface area (Å²) in [5, 5.41) is 8.67. The van der Waals surface area contributed by atoms with Gasteiger partial charge in [-0.15, -0.1) is 0 Å².